The van der Waals surface area contributed by atoms with Gasteiger partial charge in [-0.3, -0.25) is 9.48 Å². The van der Waals surface area contributed by atoms with Crippen molar-refractivity contribution in [2.45, 2.75) is 65.9 Å². The molecule has 6 aromatic rings. The Morgan fingerprint density at radius 3 is 2.21 bits per heavy atom. The number of hydrogen-bond donors (Lipinski definition) is 0. The molecule has 0 bridgehead atoms. The van der Waals surface area contributed by atoms with Crippen molar-refractivity contribution >= 4 is 30.1 Å². The Kier molecular flexibility index (Phi) is 17.3. The fraction of sp³-hybridized carbons (Fsp3) is 0.245. The number of ether oxygens (including phenoxy) is 5. The maximum Gasteiger partial charge on any atom is 0.343 e. The first kappa shape index (κ1) is 48.5. The Morgan fingerprint density at radius 2 is 1.55 bits per heavy atom. The van der Waals surface area contributed by atoms with Crippen LogP contribution in [0.25, 0.3) is 17.3 Å². The summed E-state index contributed by atoms with van der Waals surface area (Å²) in [6, 6.07) is 29.2. The number of carbonyl (C=O) groups excluding carboxylic acids is 2. The molecule has 0 saturated carbocycles. The number of esters is 1. The van der Waals surface area contributed by atoms with Crippen molar-refractivity contribution in [1.82, 2.24) is 9.78 Å². The second-order valence-electron chi connectivity index (χ2n) is 15.0. The van der Waals surface area contributed by atoms with Gasteiger partial charge in [-0.15, -0.1) is 20.2 Å². The minimum absolute atomic E-state index is 0.0588. The molecule has 18 heteroatoms. The summed E-state index contributed by atoms with van der Waals surface area (Å²) in [6.45, 7) is 5.68. The Morgan fingerprint density at radius 1 is 0.866 bits per heavy atom. The molecule has 5 aromatic carbocycles. The van der Waals surface area contributed by atoms with E-state index in [1.807, 2.05) is 29.1 Å². The van der Waals surface area contributed by atoms with Gasteiger partial charge in [0.05, 0.1) is 31.2 Å². The van der Waals surface area contributed by atoms with Crippen LogP contribution in [0.4, 0.5) is 0 Å². The standard InChI is InChI=1S/C41H40ClN3O8.C8H7NO5/c1-4-5-17-44-40(32(24-43-44)20-27(2)19-31-22-38-29(16-18-50-38)21-37(31)49-3)36-15-12-33(42)23-39(36)51-26-30-8-6-7-9-35(30)41(46)53-34-13-10-28(11-14-34)25-52-45(47)48;10-6-13-8-3-1-7(2-4-8)5-14-9(11)12/h6-15,20-24H,4-5,16-19,25-26H2,1-3H3;1-4,6H,5H2/b27-20-;. The number of hydrogen-bond acceptors (Lipinski definition) is 14. The van der Waals surface area contributed by atoms with Crippen molar-refractivity contribution in [1.29, 1.82) is 0 Å². The molecule has 0 radical (unpaired) electrons. The maximum absolute atomic E-state index is 13.3. The zero-order valence-electron chi connectivity index (χ0n) is 36.9. The molecule has 1 aliphatic heterocycles. The van der Waals surface area contributed by atoms with Crippen molar-refractivity contribution in [3.05, 3.63) is 179 Å². The van der Waals surface area contributed by atoms with Crippen LogP contribution in [-0.2, 0) is 53.7 Å². The number of nitrogens with zero attached hydrogens (tertiary/aromatic N) is 4. The van der Waals surface area contributed by atoms with Gasteiger partial charge in [0.15, 0.2) is 0 Å². The first-order chi connectivity index (χ1) is 32.4. The van der Waals surface area contributed by atoms with Crippen molar-refractivity contribution in [3.8, 4) is 40.0 Å². The third-order valence-corrected chi connectivity index (χ3v) is 10.5. The molecule has 67 heavy (non-hydrogen) atoms. The van der Waals surface area contributed by atoms with E-state index in [2.05, 4.69) is 46.5 Å². The number of methoxy groups -OCH3 is 1. The van der Waals surface area contributed by atoms with Gasteiger partial charge in [0.2, 0.25) is 0 Å². The number of allylic oxidation sites excluding steroid dienone is 1. The van der Waals surface area contributed by atoms with Crippen molar-refractivity contribution in [2.24, 2.45) is 0 Å². The largest absolute Gasteiger partial charge is 0.496 e. The van der Waals surface area contributed by atoms with Crippen molar-refractivity contribution in [2.75, 3.05) is 13.7 Å². The molecule has 348 valence electrons. The van der Waals surface area contributed by atoms with Gasteiger partial charge in [0.25, 0.3) is 16.6 Å². The SMILES string of the molecule is CCCCn1ncc(/C=C(/C)Cc2cc3c(cc2OC)CCO3)c1-c1ccc(Cl)cc1OCc1ccccc1C(=O)Oc1ccc(CO[N+](=O)[O-])cc1.O=COc1ccc(CO[N+](=O)[O-])cc1. The number of fused-ring (bicyclic) bond motifs is 1. The van der Waals surface area contributed by atoms with Crippen LogP contribution in [0.5, 0.6) is 28.7 Å². The Labute approximate surface area is 390 Å². The zero-order chi connectivity index (χ0) is 47.7. The van der Waals surface area contributed by atoms with Crippen LogP contribution in [0.15, 0.2) is 115 Å². The number of aryl methyl sites for hydroxylation is 1. The summed E-state index contributed by atoms with van der Waals surface area (Å²) in [5, 5.41) is 23.9. The van der Waals surface area contributed by atoms with Crippen LogP contribution in [0.1, 0.15) is 70.4 Å². The third kappa shape index (κ3) is 13.8. The summed E-state index contributed by atoms with van der Waals surface area (Å²) >= 11 is 6.53. The van der Waals surface area contributed by atoms with E-state index in [0.717, 1.165) is 70.8 Å². The molecule has 1 aromatic heterocycles. The molecule has 0 fully saturated rings. The highest BCUT2D eigenvalue weighted by Gasteiger charge is 2.21. The zero-order valence-corrected chi connectivity index (χ0v) is 37.6. The van der Waals surface area contributed by atoms with E-state index in [-0.39, 0.29) is 25.6 Å². The van der Waals surface area contributed by atoms with E-state index >= 15 is 0 Å². The number of carbonyl (C=O) groups is 2. The summed E-state index contributed by atoms with van der Waals surface area (Å²) < 4.78 is 30.2. The van der Waals surface area contributed by atoms with Crippen molar-refractivity contribution < 1.29 is 53.1 Å². The Balaban J connectivity index is 0.000000453. The molecule has 1 aliphatic rings. The predicted molar refractivity (Wildman–Crippen MR) is 246 cm³/mol. The van der Waals surface area contributed by atoms with Crippen LogP contribution >= 0.6 is 11.6 Å². The lowest BCUT2D eigenvalue weighted by Crippen LogP contribution is -2.13. The number of rotatable bonds is 21. The average Bonchev–Trinajstić information content (AvgIpc) is 3.95. The molecule has 0 N–H and O–H groups in total. The molecule has 0 unspecified atom stereocenters. The summed E-state index contributed by atoms with van der Waals surface area (Å²) in [5.41, 5.74) is 8.10. The highest BCUT2D eigenvalue weighted by Crippen LogP contribution is 2.38. The smallest absolute Gasteiger partial charge is 0.343 e. The fourth-order valence-corrected chi connectivity index (χ4v) is 7.23. The minimum Gasteiger partial charge on any atom is -0.496 e. The van der Waals surface area contributed by atoms with Crippen LogP contribution in [-0.4, -0.2) is 46.1 Å². The number of aromatic nitrogens is 2. The van der Waals surface area contributed by atoms with E-state index in [0.29, 0.717) is 58.3 Å². The van der Waals surface area contributed by atoms with Crippen LogP contribution < -0.4 is 23.7 Å². The molecule has 2 heterocycles. The molecule has 0 saturated heterocycles. The van der Waals surface area contributed by atoms with Gasteiger partial charge in [0.1, 0.15) is 48.6 Å². The highest BCUT2D eigenvalue weighted by atomic mass is 35.5. The lowest BCUT2D eigenvalue weighted by atomic mass is 9.99. The number of benzene rings is 5. The van der Waals surface area contributed by atoms with E-state index in [1.165, 1.54) is 12.1 Å². The molecular weight excluding hydrogens is 888 g/mol. The van der Waals surface area contributed by atoms with Gasteiger partial charge in [-0.25, -0.2) is 4.79 Å². The lowest BCUT2D eigenvalue weighted by molar-refractivity contribution is -0.763. The van der Waals surface area contributed by atoms with Crippen LogP contribution in [0, 0.1) is 20.2 Å². The first-order valence-corrected chi connectivity index (χ1v) is 21.4. The molecule has 0 spiro atoms. The topological polar surface area (TPSA) is 203 Å². The van der Waals surface area contributed by atoms with Crippen LogP contribution in [0.2, 0.25) is 5.02 Å². The maximum atomic E-state index is 13.3. The highest BCUT2D eigenvalue weighted by molar-refractivity contribution is 6.30. The van der Waals surface area contributed by atoms with Gasteiger partial charge in [-0.1, -0.05) is 79.1 Å². The number of unbranched alkanes of at least 4 members (excludes halogenated alkanes) is 1. The predicted octanol–water partition coefficient (Wildman–Crippen LogP) is 10.0. The summed E-state index contributed by atoms with van der Waals surface area (Å²) in [6.07, 6.45) is 7.51. The second-order valence-corrected chi connectivity index (χ2v) is 15.5. The van der Waals surface area contributed by atoms with Gasteiger partial charge in [0, 0.05) is 45.8 Å². The molecule has 0 aliphatic carbocycles. The van der Waals surface area contributed by atoms with Crippen LogP contribution in [0.3, 0.4) is 0 Å². The average molecular weight is 935 g/mol. The van der Waals surface area contributed by atoms with Gasteiger partial charge in [-0.2, -0.15) is 5.10 Å². The minimum atomic E-state index is -0.865. The molecule has 0 atom stereocenters. The molecule has 0 amide bonds. The monoisotopic (exact) mass is 934 g/mol. The summed E-state index contributed by atoms with van der Waals surface area (Å²) in [4.78, 5) is 52.2. The van der Waals surface area contributed by atoms with Gasteiger partial charge < -0.3 is 33.4 Å². The Hall–Kier alpha value is -7.92. The third-order valence-electron chi connectivity index (χ3n) is 10.3. The fourth-order valence-electron chi connectivity index (χ4n) is 7.07. The van der Waals surface area contributed by atoms with Gasteiger partial charge >= 0.3 is 5.97 Å². The van der Waals surface area contributed by atoms with E-state index in [4.69, 9.17) is 35.6 Å². The molecular formula is C49H47ClN4O13. The Bertz CT molecular complexity index is 2700. The van der Waals surface area contributed by atoms with E-state index < -0.39 is 16.1 Å². The van der Waals surface area contributed by atoms with Gasteiger partial charge in [-0.05, 0) is 91.6 Å². The first-order valence-electron chi connectivity index (χ1n) is 21.1. The summed E-state index contributed by atoms with van der Waals surface area (Å²) in [7, 11) is 1.69. The normalized spacial score (nSPS) is 11.6. The molecule has 7 rings (SSSR count). The van der Waals surface area contributed by atoms with E-state index in [1.54, 1.807) is 67.8 Å². The second kappa shape index (κ2) is 23.8. The lowest BCUT2D eigenvalue weighted by Gasteiger charge is -2.16. The van der Waals surface area contributed by atoms with Crippen molar-refractivity contribution in [3.63, 3.8) is 0 Å². The molecule has 17 nitrogen and oxygen atoms in total. The summed E-state index contributed by atoms with van der Waals surface area (Å²) in [5.74, 6) is 2.39. The van der Waals surface area contributed by atoms with E-state index in [9.17, 15) is 29.8 Å². The number of halogens is 1. The quantitative estimate of drug-likeness (QED) is 0.0217.